The third-order valence-corrected chi connectivity index (χ3v) is 3.43. The van der Waals surface area contributed by atoms with E-state index in [2.05, 4.69) is 10.5 Å². The Kier molecular flexibility index (Phi) is 3.93. The third kappa shape index (κ3) is 3.13. The summed E-state index contributed by atoms with van der Waals surface area (Å²) < 4.78 is 0. The molecule has 0 saturated heterocycles. The van der Waals surface area contributed by atoms with Gasteiger partial charge in [0.2, 0.25) is 0 Å². The average molecular weight is 306 g/mol. The fourth-order valence-corrected chi connectivity index (χ4v) is 2.21. The first-order chi connectivity index (χ1) is 11.1. The molecule has 5 nitrogen and oxygen atoms in total. The number of phenols is 2. The molecule has 0 radical (unpaired) electrons. The minimum Gasteiger partial charge on any atom is -0.508 e. The van der Waals surface area contributed by atoms with Crippen molar-refractivity contribution in [1.29, 1.82) is 0 Å². The molecule has 0 bridgehead atoms. The molecular weight excluding hydrogens is 292 g/mol. The van der Waals surface area contributed by atoms with Crippen LogP contribution in [-0.2, 0) is 0 Å². The van der Waals surface area contributed by atoms with Crippen LogP contribution in [0.15, 0.2) is 65.8 Å². The average Bonchev–Trinajstić information content (AvgIpc) is 2.57. The fourth-order valence-electron chi connectivity index (χ4n) is 2.21. The van der Waals surface area contributed by atoms with E-state index in [1.165, 1.54) is 30.5 Å². The number of hydrazone groups is 1. The number of hydrogen-bond donors (Lipinski definition) is 3. The first-order valence-corrected chi connectivity index (χ1v) is 6.98. The second-order valence-electron chi connectivity index (χ2n) is 4.97. The molecule has 3 N–H and O–H groups in total. The molecule has 0 aliphatic heterocycles. The van der Waals surface area contributed by atoms with Crippen LogP contribution >= 0.6 is 0 Å². The van der Waals surface area contributed by atoms with Crippen molar-refractivity contribution < 1.29 is 15.0 Å². The second-order valence-corrected chi connectivity index (χ2v) is 4.97. The predicted molar refractivity (Wildman–Crippen MR) is 88.8 cm³/mol. The molecule has 5 heteroatoms. The molecule has 3 aromatic carbocycles. The zero-order valence-electron chi connectivity index (χ0n) is 12.1. The van der Waals surface area contributed by atoms with Crippen LogP contribution in [0.2, 0.25) is 0 Å². The Bertz CT molecular complexity index is 886. The number of fused-ring (bicyclic) bond motifs is 1. The summed E-state index contributed by atoms with van der Waals surface area (Å²) in [6.07, 6.45) is 1.39. The van der Waals surface area contributed by atoms with Gasteiger partial charge < -0.3 is 10.2 Å². The number of rotatable bonds is 3. The summed E-state index contributed by atoms with van der Waals surface area (Å²) in [5, 5.41) is 24.9. The molecule has 3 rings (SSSR count). The van der Waals surface area contributed by atoms with E-state index in [9.17, 15) is 15.0 Å². The van der Waals surface area contributed by atoms with Crippen molar-refractivity contribution in [3.05, 3.63) is 71.8 Å². The van der Waals surface area contributed by atoms with Crippen LogP contribution < -0.4 is 5.43 Å². The van der Waals surface area contributed by atoms with Crippen molar-refractivity contribution in [2.24, 2.45) is 5.10 Å². The Labute approximate surface area is 132 Å². The normalized spacial score (nSPS) is 11.0. The summed E-state index contributed by atoms with van der Waals surface area (Å²) in [6, 6.07) is 16.9. The quantitative estimate of drug-likeness (QED) is 0.514. The van der Waals surface area contributed by atoms with Crippen LogP contribution in [-0.4, -0.2) is 22.3 Å². The lowest BCUT2D eigenvalue weighted by Crippen LogP contribution is -2.17. The topological polar surface area (TPSA) is 81.9 Å². The number of nitrogens with one attached hydrogen (secondary N) is 1. The van der Waals surface area contributed by atoms with Crippen LogP contribution in [0.1, 0.15) is 15.9 Å². The molecule has 3 aromatic rings. The van der Waals surface area contributed by atoms with Crippen molar-refractivity contribution in [1.82, 2.24) is 5.43 Å². The molecule has 0 aromatic heterocycles. The Morgan fingerprint density at radius 3 is 2.48 bits per heavy atom. The monoisotopic (exact) mass is 306 g/mol. The number of hydrogen-bond acceptors (Lipinski definition) is 4. The lowest BCUT2D eigenvalue weighted by molar-refractivity contribution is 0.0955. The first kappa shape index (κ1) is 14.6. The number of benzene rings is 3. The standard InChI is InChI=1S/C18H14N2O3/c21-15-9-7-13(8-10-15)18(23)20-19-11-14-6-5-12-3-1-2-4-16(12)17(14)22/h1-11,21-22H,(H,20,23)/b19-11+. The summed E-state index contributed by atoms with van der Waals surface area (Å²) in [7, 11) is 0. The molecule has 1 amide bonds. The molecule has 0 aliphatic rings. The van der Waals surface area contributed by atoms with Crippen molar-refractivity contribution in [2.45, 2.75) is 0 Å². The van der Waals surface area contributed by atoms with Gasteiger partial charge in [0.1, 0.15) is 11.5 Å². The van der Waals surface area contributed by atoms with Crippen LogP contribution in [0.25, 0.3) is 10.8 Å². The van der Waals surface area contributed by atoms with Gasteiger partial charge in [-0.15, -0.1) is 0 Å². The number of carbonyl (C=O) groups excluding carboxylic acids is 1. The highest BCUT2D eigenvalue weighted by Gasteiger charge is 2.05. The van der Waals surface area contributed by atoms with E-state index in [1.807, 2.05) is 30.3 Å². The van der Waals surface area contributed by atoms with E-state index in [1.54, 1.807) is 6.07 Å². The number of aromatic hydroxyl groups is 2. The van der Waals surface area contributed by atoms with Gasteiger partial charge in [-0.3, -0.25) is 4.79 Å². The molecule has 23 heavy (non-hydrogen) atoms. The largest absolute Gasteiger partial charge is 0.508 e. The van der Waals surface area contributed by atoms with E-state index < -0.39 is 5.91 Å². The van der Waals surface area contributed by atoms with Crippen molar-refractivity contribution in [3.8, 4) is 11.5 Å². The third-order valence-electron chi connectivity index (χ3n) is 3.43. The molecule has 0 aliphatic carbocycles. The molecule has 0 fully saturated rings. The first-order valence-electron chi connectivity index (χ1n) is 6.98. The molecular formula is C18H14N2O3. The van der Waals surface area contributed by atoms with Gasteiger partial charge in [0.05, 0.1) is 6.21 Å². The van der Waals surface area contributed by atoms with Gasteiger partial charge in [0.25, 0.3) is 5.91 Å². The molecule has 0 heterocycles. The number of nitrogens with zero attached hydrogens (tertiary/aromatic N) is 1. The highest BCUT2D eigenvalue weighted by molar-refractivity contribution is 5.98. The van der Waals surface area contributed by atoms with E-state index in [0.717, 1.165) is 10.8 Å². The Morgan fingerprint density at radius 1 is 0.957 bits per heavy atom. The maximum atomic E-state index is 11.9. The molecule has 0 saturated carbocycles. The van der Waals surface area contributed by atoms with Crippen molar-refractivity contribution in [3.63, 3.8) is 0 Å². The molecule has 0 unspecified atom stereocenters. The minimum absolute atomic E-state index is 0.0890. The number of carbonyl (C=O) groups is 1. The summed E-state index contributed by atoms with van der Waals surface area (Å²) in [4.78, 5) is 11.9. The fraction of sp³-hybridized carbons (Fsp3) is 0. The zero-order valence-corrected chi connectivity index (χ0v) is 12.1. The molecule has 114 valence electrons. The zero-order chi connectivity index (χ0) is 16.2. The highest BCUT2D eigenvalue weighted by Crippen LogP contribution is 2.27. The van der Waals surface area contributed by atoms with Gasteiger partial charge in [-0.2, -0.15) is 5.10 Å². The smallest absolute Gasteiger partial charge is 0.271 e. The lowest BCUT2D eigenvalue weighted by Gasteiger charge is -2.04. The van der Waals surface area contributed by atoms with Gasteiger partial charge in [-0.1, -0.05) is 30.3 Å². The van der Waals surface area contributed by atoms with Crippen LogP contribution in [0, 0.1) is 0 Å². The Balaban J connectivity index is 1.76. The van der Waals surface area contributed by atoms with Crippen molar-refractivity contribution >= 4 is 22.9 Å². The van der Waals surface area contributed by atoms with Crippen LogP contribution in [0.3, 0.4) is 0 Å². The van der Waals surface area contributed by atoms with Crippen molar-refractivity contribution in [2.75, 3.05) is 0 Å². The van der Waals surface area contributed by atoms with Crippen LogP contribution in [0.4, 0.5) is 0 Å². The van der Waals surface area contributed by atoms with Gasteiger partial charge in [-0.25, -0.2) is 5.43 Å². The molecule has 0 atom stereocenters. The van der Waals surface area contributed by atoms with Gasteiger partial charge in [-0.05, 0) is 35.7 Å². The predicted octanol–water partition coefficient (Wildman–Crippen LogP) is 3.01. The Hall–Kier alpha value is -3.34. The minimum atomic E-state index is -0.401. The SMILES string of the molecule is O=C(N/N=C/c1ccc2ccccc2c1O)c1ccc(O)cc1. The summed E-state index contributed by atoms with van der Waals surface area (Å²) in [5.74, 6) is -0.196. The maximum absolute atomic E-state index is 11.9. The lowest BCUT2D eigenvalue weighted by atomic mass is 10.1. The Morgan fingerprint density at radius 2 is 1.70 bits per heavy atom. The van der Waals surface area contributed by atoms with Gasteiger partial charge >= 0.3 is 0 Å². The van der Waals surface area contributed by atoms with E-state index in [-0.39, 0.29) is 11.5 Å². The van der Waals surface area contributed by atoms with Gasteiger partial charge in [0.15, 0.2) is 0 Å². The summed E-state index contributed by atoms with van der Waals surface area (Å²) >= 11 is 0. The van der Waals surface area contributed by atoms with E-state index in [0.29, 0.717) is 11.1 Å². The van der Waals surface area contributed by atoms with Gasteiger partial charge in [0, 0.05) is 16.5 Å². The number of amides is 1. The second kappa shape index (κ2) is 6.19. The molecule has 0 spiro atoms. The van der Waals surface area contributed by atoms with E-state index >= 15 is 0 Å². The number of phenolic OH excluding ortho intramolecular Hbond substituents is 2. The van der Waals surface area contributed by atoms with Crippen LogP contribution in [0.5, 0.6) is 11.5 Å². The highest BCUT2D eigenvalue weighted by atomic mass is 16.3. The summed E-state index contributed by atoms with van der Waals surface area (Å²) in [6.45, 7) is 0. The summed E-state index contributed by atoms with van der Waals surface area (Å²) in [5.41, 5.74) is 3.27. The maximum Gasteiger partial charge on any atom is 0.271 e. The van der Waals surface area contributed by atoms with E-state index in [4.69, 9.17) is 0 Å².